The molecule has 0 aromatic carbocycles. The maximum Gasteiger partial charge on any atom is 0.224 e. The van der Waals surface area contributed by atoms with Crippen LogP contribution in [-0.4, -0.2) is 52.5 Å². The van der Waals surface area contributed by atoms with Crippen LogP contribution >= 0.6 is 0 Å². The van der Waals surface area contributed by atoms with E-state index in [2.05, 4.69) is 15.3 Å². The molecule has 2 heterocycles. The molecular weight excluding hydrogens is 332 g/mol. The van der Waals surface area contributed by atoms with E-state index in [0.29, 0.717) is 31.0 Å². The van der Waals surface area contributed by atoms with Gasteiger partial charge in [-0.15, -0.1) is 0 Å². The maximum absolute atomic E-state index is 9.81. The summed E-state index contributed by atoms with van der Waals surface area (Å²) in [5.41, 5.74) is 1.99. The fraction of sp³-hybridized carbons (Fsp3) is 0.632. The van der Waals surface area contributed by atoms with Gasteiger partial charge in [0.15, 0.2) is 0 Å². The molecule has 142 valence electrons. The van der Waals surface area contributed by atoms with Crippen LogP contribution in [0.25, 0.3) is 10.9 Å². The molecule has 1 saturated carbocycles. The molecule has 0 spiro atoms. The molecule has 2 aromatic rings. The first-order valence-electron chi connectivity index (χ1n) is 9.34. The lowest BCUT2D eigenvalue weighted by atomic mass is 9.83. The Morgan fingerprint density at radius 3 is 2.69 bits per heavy atom. The lowest BCUT2D eigenvalue weighted by molar-refractivity contribution is 0.122. The number of nitrogens with zero attached hydrogens (tertiary/aromatic N) is 3. The van der Waals surface area contributed by atoms with Crippen LogP contribution < -0.4 is 10.1 Å². The number of methoxy groups -OCH3 is 1. The number of hydrogen-bond donors (Lipinski definition) is 2. The lowest BCUT2D eigenvalue weighted by Crippen LogP contribution is -2.22. The van der Waals surface area contributed by atoms with Crippen molar-refractivity contribution < 1.29 is 14.6 Å². The summed E-state index contributed by atoms with van der Waals surface area (Å²) in [5.74, 6) is 1.50. The predicted molar refractivity (Wildman–Crippen MR) is 101 cm³/mol. The summed E-state index contributed by atoms with van der Waals surface area (Å²) >= 11 is 0. The average Bonchev–Trinajstić information content (AvgIpc) is 2.63. The Hall–Kier alpha value is -1.99. The molecule has 0 aliphatic heterocycles. The summed E-state index contributed by atoms with van der Waals surface area (Å²) in [4.78, 5) is 13.7. The third kappa shape index (κ3) is 4.22. The van der Waals surface area contributed by atoms with E-state index in [4.69, 9.17) is 14.5 Å². The van der Waals surface area contributed by atoms with E-state index in [0.717, 1.165) is 42.1 Å². The molecular formula is C19H28N4O3. The zero-order valence-corrected chi connectivity index (χ0v) is 15.7. The largest absolute Gasteiger partial charge is 0.477 e. The minimum Gasteiger partial charge on any atom is -0.477 e. The van der Waals surface area contributed by atoms with E-state index in [1.165, 1.54) is 0 Å². The third-order valence-electron chi connectivity index (χ3n) is 4.82. The van der Waals surface area contributed by atoms with Gasteiger partial charge in [0.2, 0.25) is 11.8 Å². The van der Waals surface area contributed by atoms with Crippen molar-refractivity contribution in [3.8, 4) is 5.88 Å². The molecule has 0 bridgehead atoms. The number of hydrogen-bond acceptors (Lipinski definition) is 7. The van der Waals surface area contributed by atoms with Gasteiger partial charge in [0.1, 0.15) is 0 Å². The number of aliphatic hydroxyl groups excluding tert-OH is 1. The van der Waals surface area contributed by atoms with Crippen LogP contribution in [0.5, 0.6) is 5.88 Å². The van der Waals surface area contributed by atoms with Crippen LogP contribution in [0.1, 0.15) is 51.0 Å². The Balaban J connectivity index is 1.98. The van der Waals surface area contributed by atoms with Crippen LogP contribution in [0.2, 0.25) is 0 Å². The highest BCUT2D eigenvalue weighted by Gasteiger charge is 2.24. The van der Waals surface area contributed by atoms with Crippen LogP contribution in [0.4, 0.5) is 5.95 Å². The van der Waals surface area contributed by atoms with Gasteiger partial charge in [-0.1, -0.05) is 0 Å². The smallest absolute Gasteiger partial charge is 0.224 e. The zero-order valence-electron chi connectivity index (χ0n) is 15.7. The van der Waals surface area contributed by atoms with E-state index in [1.807, 2.05) is 20.0 Å². The van der Waals surface area contributed by atoms with E-state index in [9.17, 15) is 5.11 Å². The summed E-state index contributed by atoms with van der Waals surface area (Å²) in [6.45, 7) is 5.09. The molecule has 2 N–H and O–H groups in total. The molecule has 2 aromatic heterocycles. The molecule has 0 saturated heterocycles. The number of aliphatic hydroxyl groups is 1. The van der Waals surface area contributed by atoms with Crippen molar-refractivity contribution in [1.29, 1.82) is 0 Å². The first-order valence-corrected chi connectivity index (χ1v) is 9.34. The van der Waals surface area contributed by atoms with Crippen molar-refractivity contribution in [3.05, 3.63) is 18.0 Å². The molecule has 3 rings (SSSR count). The quantitative estimate of drug-likeness (QED) is 0.785. The zero-order chi connectivity index (χ0) is 18.5. The number of rotatable bonds is 7. The van der Waals surface area contributed by atoms with Crippen molar-refractivity contribution >= 4 is 16.9 Å². The van der Waals surface area contributed by atoms with Crippen molar-refractivity contribution in [2.24, 2.45) is 0 Å². The molecule has 0 radical (unpaired) electrons. The van der Waals surface area contributed by atoms with Gasteiger partial charge in [0, 0.05) is 31.1 Å². The second-order valence-electron chi connectivity index (χ2n) is 6.91. The predicted octanol–water partition coefficient (Wildman–Crippen LogP) is 2.89. The number of nitrogens with one attached hydrogen (secondary N) is 1. The van der Waals surface area contributed by atoms with Crippen molar-refractivity contribution in [2.45, 2.75) is 57.6 Å². The standard InChI is InChI=1S/C19H28N4O3/c1-4-26-18-16-10-21-19(22-12(2)11-25-3)23-17(16)15(9-20-18)13-5-7-14(24)8-6-13/h9-10,12-14,24H,4-8,11H2,1-3H3,(H,21,22,23)/t12-,13-,14-/m0/s1. The molecule has 26 heavy (non-hydrogen) atoms. The first-order chi connectivity index (χ1) is 12.6. The minimum absolute atomic E-state index is 0.110. The minimum atomic E-state index is -0.185. The second-order valence-corrected chi connectivity index (χ2v) is 6.91. The molecule has 1 aliphatic rings. The molecule has 0 unspecified atom stereocenters. The molecule has 7 nitrogen and oxygen atoms in total. The van der Waals surface area contributed by atoms with Crippen molar-refractivity contribution in [1.82, 2.24) is 15.0 Å². The highest BCUT2D eigenvalue weighted by atomic mass is 16.5. The topological polar surface area (TPSA) is 89.4 Å². The van der Waals surface area contributed by atoms with Gasteiger partial charge < -0.3 is 19.9 Å². The normalized spacial score (nSPS) is 21.5. The Bertz CT molecular complexity index is 732. The van der Waals surface area contributed by atoms with E-state index in [1.54, 1.807) is 13.3 Å². The van der Waals surface area contributed by atoms with Gasteiger partial charge in [0.05, 0.1) is 30.2 Å². The lowest BCUT2D eigenvalue weighted by Gasteiger charge is -2.26. The average molecular weight is 360 g/mol. The van der Waals surface area contributed by atoms with E-state index >= 15 is 0 Å². The molecule has 1 aliphatic carbocycles. The van der Waals surface area contributed by atoms with Gasteiger partial charge in [-0.2, -0.15) is 0 Å². The third-order valence-corrected chi connectivity index (χ3v) is 4.82. The highest BCUT2D eigenvalue weighted by molar-refractivity contribution is 5.86. The Morgan fingerprint density at radius 2 is 2.00 bits per heavy atom. The Kier molecular flexibility index (Phi) is 6.21. The van der Waals surface area contributed by atoms with Gasteiger partial charge in [-0.05, 0) is 45.4 Å². The summed E-state index contributed by atoms with van der Waals surface area (Å²) in [6, 6.07) is 0.110. The molecule has 1 atom stereocenters. The van der Waals surface area contributed by atoms with Crippen molar-refractivity contribution in [3.63, 3.8) is 0 Å². The molecule has 7 heteroatoms. The summed E-state index contributed by atoms with van der Waals surface area (Å²) in [5, 5.41) is 13.9. The van der Waals surface area contributed by atoms with Crippen LogP contribution in [0.15, 0.2) is 12.4 Å². The highest BCUT2D eigenvalue weighted by Crippen LogP contribution is 2.37. The van der Waals surface area contributed by atoms with Crippen LogP contribution in [0.3, 0.4) is 0 Å². The van der Waals surface area contributed by atoms with E-state index < -0.39 is 0 Å². The van der Waals surface area contributed by atoms with Crippen LogP contribution in [0, 0.1) is 0 Å². The maximum atomic E-state index is 9.81. The Morgan fingerprint density at radius 1 is 1.23 bits per heavy atom. The van der Waals surface area contributed by atoms with Gasteiger partial charge in [-0.25, -0.2) is 15.0 Å². The summed E-state index contributed by atoms with van der Waals surface area (Å²) in [6.07, 6.45) is 7.00. The Labute approximate surface area is 154 Å². The monoisotopic (exact) mass is 360 g/mol. The SMILES string of the molecule is CCOc1ncc([C@H]2CC[C@H](O)CC2)c2nc(N[C@@H](C)COC)ncc12. The van der Waals surface area contributed by atoms with Crippen LogP contribution in [-0.2, 0) is 4.74 Å². The summed E-state index contributed by atoms with van der Waals surface area (Å²) in [7, 11) is 1.68. The van der Waals surface area contributed by atoms with E-state index in [-0.39, 0.29) is 12.1 Å². The van der Waals surface area contributed by atoms with Crippen molar-refractivity contribution in [2.75, 3.05) is 25.6 Å². The second kappa shape index (κ2) is 8.60. The van der Waals surface area contributed by atoms with Gasteiger partial charge in [-0.3, -0.25) is 0 Å². The fourth-order valence-electron chi connectivity index (χ4n) is 3.54. The molecule has 0 amide bonds. The number of aromatic nitrogens is 3. The number of ether oxygens (including phenoxy) is 2. The fourth-order valence-corrected chi connectivity index (χ4v) is 3.54. The number of fused-ring (bicyclic) bond motifs is 1. The first kappa shape index (κ1) is 18.8. The van der Waals surface area contributed by atoms with Gasteiger partial charge >= 0.3 is 0 Å². The molecule has 1 fully saturated rings. The summed E-state index contributed by atoms with van der Waals surface area (Å²) < 4.78 is 10.8. The number of anilines is 1. The number of pyridine rings is 1. The van der Waals surface area contributed by atoms with Gasteiger partial charge in [0.25, 0.3) is 0 Å².